The van der Waals surface area contributed by atoms with Crippen LogP contribution in [-0.4, -0.2) is 39.4 Å². The van der Waals surface area contributed by atoms with Gasteiger partial charge >= 0.3 is 91.1 Å². The molecular formula is C8H18BN2O3P. The van der Waals surface area contributed by atoms with Crippen molar-refractivity contribution in [1.29, 1.82) is 0 Å². The van der Waals surface area contributed by atoms with Crippen LogP contribution >= 0.6 is 7.60 Å². The Labute approximate surface area is 91.7 Å². The molecule has 0 radical (unpaired) electrons. The predicted molar refractivity (Wildman–Crippen MR) is 62.9 cm³/mol. The number of rotatable bonds is 9. The molecule has 0 heterocycles. The van der Waals surface area contributed by atoms with Crippen LogP contribution in [0.2, 0.25) is 0 Å². The third-order valence-corrected chi connectivity index (χ3v) is 3.67. The van der Waals surface area contributed by atoms with Crippen LogP contribution in [0.15, 0.2) is 10.1 Å². The monoisotopic (exact) mass is 232 g/mol. The van der Waals surface area contributed by atoms with Crippen molar-refractivity contribution < 1.29 is 13.6 Å². The van der Waals surface area contributed by atoms with E-state index in [4.69, 9.17) is 9.05 Å². The summed E-state index contributed by atoms with van der Waals surface area (Å²) >= 11 is 0. The zero-order chi connectivity index (χ0) is 11.6. The van der Waals surface area contributed by atoms with Crippen LogP contribution in [0.5, 0.6) is 0 Å². The van der Waals surface area contributed by atoms with E-state index in [1.165, 1.54) is 7.06 Å². The first-order valence-corrected chi connectivity index (χ1v) is 6.77. The Morgan fingerprint density at radius 1 is 1.33 bits per heavy atom. The average molecular weight is 232 g/mol. The van der Waals surface area contributed by atoms with Crippen molar-refractivity contribution in [3.63, 3.8) is 0 Å². The van der Waals surface area contributed by atoms with E-state index in [0.717, 1.165) is 0 Å². The van der Waals surface area contributed by atoms with Crippen LogP contribution < -0.4 is 0 Å². The molecule has 0 rings (SSSR count). The molecule has 0 fully saturated rings. The quantitative estimate of drug-likeness (QED) is 0.265. The molecule has 0 aliphatic heterocycles. The second-order valence-corrected chi connectivity index (χ2v) is 4.87. The van der Waals surface area contributed by atoms with Crippen LogP contribution in [0, 0.1) is 0 Å². The standard InChI is InChI=1S/C8H18BN2O3P/c1-4-13-15(12,14-5-2)8-6-7-10-11-9-3/h3-8H2,1-2H3. The second-order valence-electron chi connectivity index (χ2n) is 2.69. The van der Waals surface area contributed by atoms with Crippen molar-refractivity contribution in [3.05, 3.63) is 0 Å². The van der Waals surface area contributed by atoms with E-state index in [9.17, 15) is 4.57 Å². The zero-order valence-corrected chi connectivity index (χ0v) is 10.3. The maximum atomic E-state index is 11.9. The minimum absolute atomic E-state index is 0.380. The van der Waals surface area contributed by atoms with Crippen molar-refractivity contribution in [2.45, 2.75) is 20.3 Å². The zero-order valence-electron chi connectivity index (χ0n) is 9.39. The number of hydrogen-bond acceptors (Lipinski definition) is 5. The third-order valence-electron chi connectivity index (χ3n) is 1.50. The number of nitrogens with zero attached hydrogens (tertiary/aromatic N) is 2. The van der Waals surface area contributed by atoms with Gasteiger partial charge in [-0.1, -0.05) is 0 Å². The van der Waals surface area contributed by atoms with Crippen molar-refractivity contribution in [3.8, 4) is 0 Å². The van der Waals surface area contributed by atoms with E-state index in [2.05, 4.69) is 16.6 Å². The van der Waals surface area contributed by atoms with Crippen molar-refractivity contribution in [2.24, 2.45) is 10.1 Å². The Bertz CT molecular complexity index is 238. The topological polar surface area (TPSA) is 60.2 Å². The summed E-state index contributed by atoms with van der Waals surface area (Å²) in [7, 11) is -1.53. The molecule has 0 spiro atoms. The Morgan fingerprint density at radius 3 is 2.40 bits per heavy atom. The van der Waals surface area contributed by atoms with Crippen LogP contribution in [-0.2, 0) is 13.6 Å². The SMILES string of the molecule is C=BN=NCCCP(=O)(OCC)OCC. The summed E-state index contributed by atoms with van der Waals surface area (Å²) in [6, 6.07) is 0. The van der Waals surface area contributed by atoms with Gasteiger partial charge in [-0.15, -0.1) is 0 Å². The van der Waals surface area contributed by atoms with Crippen LogP contribution in [0.3, 0.4) is 0 Å². The molecule has 0 unspecified atom stereocenters. The summed E-state index contributed by atoms with van der Waals surface area (Å²) in [5.74, 6) is 0. The average Bonchev–Trinajstić information content (AvgIpc) is 2.18. The summed E-state index contributed by atoms with van der Waals surface area (Å²) in [5, 5.41) is 7.39. The molecule has 0 bridgehead atoms. The fraction of sp³-hybridized carbons (Fsp3) is 0.875. The second kappa shape index (κ2) is 8.95. The van der Waals surface area contributed by atoms with Gasteiger partial charge in [0.15, 0.2) is 0 Å². The summed E-state index contributed by atoms with van der Waals surface area (Å²) in [6.45, 7) is 8.29. The van der Waals surface area contributed by atoms with E-state index in [0.29, 0.717) is 32.3 Å². The first-order chi connectivity index (χ1) is 7.18. The van der Waals surface area contributed by atoms with Gasteiger partial charge in [0.25, 0.3) is 0 Å². The third kappa shape index (κ3) is 7.60. The van der Waals surface area contributed by atoms with Gasteiger partial charge in [-0.2, -0.15) is 0 Å². The van der Waals surface area contributed by atoms with Crippen LogP contribution in [0.25, 0.3) is 0 Å². The summed E-state index contributed by atoms with van der Waals surface area (Å²) in [5.41, 5.74) is 0. The molecule has 0 saturated carbocycles. The van der Waals surface area contributed by atoms with Gasteiger partial charge in [0.2, 0.25) is 0 Å². The fourth-order valence-electron chi connectivity index (χ4n) is 1.01. The van der Waals surface area contributed by atoms with E-state index in [1.54, 1.807) is 13.8 Å². The van der Waals surface area contributed by atoms with Crippen molar-refractivity contribution >= 4 is 21.1 Å². The Morgan fingerprint density at radius 2 is 1.93 bits per heavy atom. The molecule has 15 heavy (non-hydrogen) atoms. The molecule has 0 aliphatic carbocycles. The minimum atomic E-state index is -2.90. The molecule has 0 atom stereocenters. The normalized spacial score (nSPS) is 11.9. The van der Waals surface area contributed by atoms with Crippen LogP contribution in [0.4, 0.5) is 0 Å². The molecule has 0 aromatic carbocycles. The first kappa shape index (κ1) is 14.7. The van der Waals surface area contributed by atoms with Gasteiger partial charge < -0.3 is 0 Å². The molecular weight excluding hydrogens is 214 g/mol. The van der Waals surface area contributed by atoms with Gasteiger partial charge in [-0.05, 0) is 0 Å². The summed E-state index contributed by atoms with van der Waals surface area (Å²) in [4.78, 5) is 0. The van der Waals surface area contributed by atoms with E-state index >= 15 is 0 Å². The molecule has 0 N–H and O–H groups in total. The molecule has 86 valence electrons. The molecule has 0 amide bonds. The molecule has 7 heteroatoms. The Balaban J connectivity index is 3.90. The van der Waals surface area contributed by atoms with Gasteiger partial charge in [0.1, 0.15) is 0 Å². The molecule has 5 nitrogen and oxygen atoms in total. The molecule has 0 saturated heterocycles. The van der Waals surface area contributed by atoms with E-state index < -0.39 is 7.60 Å². The van der Waals surface area contributed by atoms with Gasteiger partial charge in [0, 0.05) is 0 Å². The maximum absolute atomic E-state index is 11.9. The molecule has 0 aromatic rings. The van der Waals surface area contributed by atoms with Crippen LogP contribution in [0.1, 0.15) is 20.3 Å². The van der Waals surface area contributed by atoms with Gasteiger partial charge in [-0.25, -0.2) is 0 Å². The summed E-state index contributed by atoms with van der Waals surface area (Å²) in [6.07, 6.45) is 1.01. The Kier molecular flexibility index (Phi) is 8.76. The first-order valence-electron chi connectivity index (χ1n) is 5.04. The summed E-state index contributed by atoms with van der Waals surface area (Å²) < 4.78 is 22.1. The molecule has 0 aliphatic rings. The fourth-order valence-corrected chi connectivity index (χ4v) is 2.66. The Hall–Kier alpha value is -0.315. The van der Waals surface area contributed by atoms with E-state index in [-0.39, 0.29) is 0 Å². The van der Waals surface area contributed by atoms with Gasteiger partial charge in [-0.3, -0.25) is 0 Å². The number of hydrogen-bond donors (Lipinski definition) is 0. The van der Waals surface area contributed by atoms with Gasteiger partial charge in [0.05, 0.1) is 0 Å². The predicted octanol–water partition coefficient (Wildman–Crippen LogP) is 2.15. The van der Waals surface area contributed by atoms with Crippen molar-refractivity contribution in [1.82, 2.24) is 0 Å². The molecule has 0 aromatic heterocycles. The van der Waals surface area contributed by atoms with E-state index in [1.807, 2.05) is 0 Å². The van der Waals surface area contributed by atoms with Crippen molar-refractivity contribution in [2.75, 3.05) is 25.9 Å².